The molecular weight excluding hydrogens is 462 g/mol. The molecule has 0 saturated heterocycles. The van der Waals surface area contributed by atoms with Gasteiger partial charge in [-0.1, -0.05) is 66.2 Å². The third-order valence-electron chi connectivity index (χ3n) is 5.19. The highest BCUT2D eigenvalue weighted by molar-refractivity contribution is 7.89. The molecule has 0 aliphatic heterocycles. The molecule has 168 valence electrons. The molecule has 0 radical (unpaired) electrons. The number of halogens is 1. The van der Waals surface area contributed by atoms with Gasteiger partial charge in [-0.2, -0.15) is 5.10 Å². The number of rotatable bonds is 7. The molecule has 7 nitrogen and oxygen atoms in total. The lowest BCUT2D eigenvalue weighted by Crippen LogP contribution is -2.27. The number of hydrogen-bond donors (Lipinski definition) is 1. The molecule has 0 amide bonds. The summed E-state index contributed by atoms with van der Waals surface area (Å²) in [6.07, 6.45) is 0.562. The zero-order valence-corrected chi connectivity index (χ0v) is 18.9. The summed E-state index contributed by atoms with van der Waals surface area (Å²) >= 11 is 6.02. The van der Waals surface area contributed by atoms with Gasteiger partial charge in [-0.05, 0) is 41.8 Å². The Bertz CT molecular complexity index is 1400. The van der Waals surface area contributed by atoms with Crippen LogP contribution in [0.15, 0.2) is 83.8 Å². The quantitative estimate of drug-likeness (QED) is 0.436. The maximum absolute atomic E-state index is 12.2. The molecule has 0 fully saturated rings. The van der Waals surface area contributed by atoms with Gasteiger partial charge in [0.1, 0.15) is 5.69 Å². The molecule has 4 aromatic rings. The second-order valence-electron chi connectivity index (χ2n) is 7.39. The van der Waals surface area contributed by atoms with Crippen molar-refractivity contribution in [2.75, 3.05) is 0 Å². The Labute approximate surface area is 196 Å². The van der Waals surface area contributed by atoms with E-state index in [0.29, 0.717) is 40.4 Å². The van der Waals surface area contributed by atoms with Crippen LogP contribution in [0.1, 0.15) is 16.1 Å². The summed E-state index contributed by atoms with van der Waals surface area (Å²) in [5, 5.41) is 22.5. The molecule has 2 N–H and O–H groups in total. The minimum atomic E-state index is -3.87. The average molecular weight is 481 g/mol. The Kier molecular flexibility index (Phi) is 6.33. The first-order chi connectivity index (χ1) is 15.7. The molecule has 0 unspecified atom stereocenters. The van der Waals surface area contributed by atoms with E-state index in [2.05, 4.69) is 5.10 Å². The Morgan fingerprint density at radius 2 is 1.55 bits per heavy atom. The minimum absolute atomic E-state index is 0.0528. The van der Waals surface area contributed by atoms with Crippen molar-refractivity contribution in [3.05, 3.63) is 95.1 Å². The Hall–Kier alpha value is -3.46. The lowest BCUT2D eigenvalue weighted by atomic mass is 9.99. The summed E-state index contributed by atoms with van der Waals surface area (Å²) in [6.45, 7) is 0.309. The number of carbonyl (C=O) groups excluding carboxylic acids is 1. The first-order valence-electron chi connectivity index (χ1n) is 9.99. The lowest BCUT2D eigenvalue weighted by Gasteiger charge is -2.11. The van der Waals surface area contributed by atoms with Crippen LogP contribution in [0, 0.1) is 0 Å². The smallest absolute Gasteiger partial charge is 0.238 e. The summed E-state index contributed by atoms with van der Waals surface area (Å²) in [7, 11) is -3.87. The van der Waals surface area contributed by atoms with Crippen molar-refractivity contribution in [1.82, 2.24) is 9.78 Å². The van der Waals surface area contributed by atoms with E-state index < -0.39 is 16.0 Å². The predicted molar refractivity (Wildman–Crippen MR) is 124 cm³/mol. The van der Waals surface area contributed by atoms with E-state index in [0.717, 1.165) is 5.56 Å². The highest BCUT2D eigenvalue weighted by atomic mass is 35.5. The molecule has 0 aliphatic carbocycles. The van der Waals surface area contributed by atoms with E-state index in [4.69, 9.17) is 16.7 Å². The van der Waals surface area contributed by atoms with Crippen LogP contribution >= 0.6 is 11.6 Å². The van der Waals surface area contributed by atoms with Crippen LogP contribution in [-0.2, 0) is 23.0 Å². The van der Waals surface area contributed by atoms with Crippen molar-refractivity contribution in [1.29, 1.82) is 0 Å². The number of nitrogens with two attached hydrogens (primary N) is 1. The van der Waals surface area contributed by atoms with Gasteiger partial charge in [-0.25, -0.2) is 13.6 Å². The Balaban J connectivity index is 1.86. The molecule has 3 aromatic carbocycles. The largest absolute Gasteiger partial charge is 0.543 e. The molecule has 0 bridgehead atoms. The maximum atomic E-state index is 12.2. The number of aryl methyl sites for hydroxylation is 2. The molecule has 0 saturated carbocycles. The zero-order valence-electron chi connectivity index (χ0n) is 17.3. The van der Waals surface area contributed by atoms with Crippen LogP contribution in [0.25, 0.3) is 22.4 Å². The molecule has 0 atom stereocenters. The van der Waals surface area contributed by atoms with Gasteiger partial charge in [0.15, 0.2) is 0 Å². The SMILES string of the molecule is NS(=O)(=O)c1ccc(-c2nn(CCc3ccccc3)c(C(=O)[O-])c2-c2ccc(Cl)cc2)cc1. The van der Waals surface area contributed by atoms with Crippen molar-refractivity contribution < 1.29 is 18.3 Å². The van der Waals surface area contributed by atoms with Crippen molar-refractivity contribution in [2.24, 2.45) is 5.14 Å². The molecule has 0 spiro atoms. The van der Waals surface area contributed by atoms with Gasteiger partial charge in [0.05, 0.1) is 16.6 Å². The normalized spacial score (nSPS) is 11.5. The van der Waals surface area contributed by atoms with Gasteiger partial charge in [0.2, 0.25) is 10.0 Å². The fraction of sp³-hybridized carbons (Fsp3) is 0.0833. The van der Waals surface area contributed by atoms with Crippen molar-refractivity contribution in [3.8, 4) is 22.4 Å². The van der Waals surface area contributed by atoms with E-state index in [9.17, 15) is 18.3 Å². The Morgan fingerprint density at radius 3 is 2.12 bits per heavy atom. The number of benzene rings is 3. The summed E-state index contributed by atoms with van der Waals surface area (Å²) in [5.41, 5.74) is 2.83. The first kappa shape index (κ1) is 22.7. The van der Waals surface area contributed by atoms with E-state index in [1.807, 2.05) is 30.3 Å². The fourth-order valence-corrected chi connectivity index (χ4v) is 4.25. The first-order valence-corrected chi connectivity index (χ1v) is 11.9. The number of nitrogens with zero attached hydrogens (tertiary/aromatic N) is 2. The van der Waals surface area contributed by atoms with E-state index in [1.54, 1.807) is 36.4 Å². The number of carboxylic acids is 1. The second-order valence-corrected chi connectivity index (χ2v) is 9.39. The summed E-state index contributed by atoms with van der Waals surface area (Å²) < 4.78 is 24.7. The predicted octanol–water partition coefficient (Wildman–Crippen LogP) is 3.12. The van der Waals surface area contributed by atoms with Gasteiger partial charge < -0.3 is 9.90 Å². The van der Waals surface area contributed by atoms with Crippen molar-refractivity contribution >= 4 is 27.6 Å². The number of aromatic carboxylic acids is 1. The van der Waals surface area contributed by atoms with Gasteiger partial charge in [-0.3, -0.25) is 4.68 Å². The molecule has 1 heterocycles. The number of carbonyl (C=O) groups is 1. The van der Waals surface area contributed by atoms with Crippen LogP contribution in [0.4, 0.5) is 0 Å². The lowest BCUT2D eigenvalue weighted by molar-refractivity contribution is -0.255. The number of aromatic nitrogens is 2. The van der Waals surface area contributed by atoms with E-state index >= 15 is 0 Å². The van der Waals surface area contributed by atoms with Crippen LogP contribution < -0.4 is 10.2 Å². The molecule has 0 aliphatic rings. The number of sulfonamides is 1. The molecule has 9 heteroatoms. The third-order valence-corrected chi connectivity index (χ3v) is 6.37. The third kappa shape index (κ3) is 4.98. The zero-order chi connectivity index (χ0) is 23.6. The van der Waals surface area contributed by atoms with Gasteiger partial charge in [0.25, 0.3) is 0 Å². The van der Waals surface area contributed by atoms with Gasteiger partial charge in [0, 0.05) is 22.7 Å². The molecule has 33 heavy (non-hydrogen) atoms. The molecule has 4 rings (SSSR count). The maximum Gasteiger partial charge on any atom is 0.238 e. The summed E-state index contributed by atoms with van der Waals surface area (Å²) in [4.78, 5) is 12.2. The summed E-state index contributed by atoms with van der Waals surface area (Å²) in [6, 6.07) is 22.2. The summed E-state index contributed by atoms with van der Waals surface area (Å²) in [5.74, 6) is -1.37. The Morgan fingerprint density at radius 1 is 0.939 bits per heavy atom. The van der Waals surface area contributed by atoms with Crippen molar-refractivity contribution in [3.63, 3.8) is 0 Å². The number of hydrogen-bond acceptors (Lipinski definition) is 5. The standard InChI is InChI=1S/C24H20ClN3O4S/c25-19-10-6-17(7-11-19)21-22(18-8-12-20(13-9-18)33(26,31)32)27-28(23(21)24(29)30)15-14-16-4-2-1-3-5-16/h1-13H,14-15H2,(H,29,30)(H2,26,31,32)/p-1. The van der Waals surface area contributed by atoms with Crippen LogP contribution in [0.3, 0.4) is 0 Å². The van der Waals surface area contributed by atoms with E-state index in [1.165, 1.54) is 16.8 Å². The molecule has 1 aromatic heterocycles. The van der Waals surface area contributed by atoms with Crippen molar-refractivity contribution in [2.45, 2.75) is 17.9 Å². The highest BCUT2D eigenvalue weighted by Gasteiger charge is 2.22. The monoisotopic (exact) mass is 480 g/mol. The number of carboxylic acid groups (broad SMARTS) is 1. The average Bonchev–Trinajstić information content (AvgIpc) is 3.18. The van der Waals surface area contributed by atoms with E-state index in [-0.39, 0.29) is 10.6 Å². The number of primary sulfonamides is 1. The topological polar surface area (TPSA) is 118 Å². The van der Waals surface area contributed by atoms with Crippen LogP contribution in [0.5, 0.6) is 0 Å². The fourth-order valence-electron chi connectivity index (χ4n) is 3.61. The van der Waals surface area contributed by atoms with Crippen LogP contribution in [0.2, 0.25) is 5.02 Å². The van der Waals surface area contributed by atoms with Gasteiger partial charge in [-0.15, -0.1) is 0 Å². The van der Waals surface area contributed by atoms with Crippen LogP contribution in [-0.4, -0.2) is 24.2 Å². The highest BCUT2D eigenvalue weighted by Crippen LogP contribution is 2.35. The van der Waals surface area contributed by atoms with Gasteiger partial charge >= 0.3 is 0 Å². The molecular formula is C24H19ClN3O4S-. The minimum Gasteiger partial charge on any atom is -0.543 e. The second kappa shape index (κ2) is 9.19.